The highest BCUT2D eigenvalue weighted by molar-refractivity contribution is 7.99. The lowest BCUT2D eigenvalue weighted by molar-refractivity contribution is 0.102. The number of hydrogen-bond acceptors (Lipinski definition) is 4. The highest BCUT2D eigenvalue weighted by Gasteiger charge is 2.10. The first-order valence-corrected chi connectivity index (χ1v) is 6.30. The van der Waals surface area contributed by atoms with Gasteiger partial charge in [0.15, 0.2) is 5.78 Å². The second-order valence-electron chi connectivity index (χ2n) is 3.24. The standard InChI is InChI=1S/C12H9ClN2OS/c13-10-4-2-1-3-9(10)11(16)8-17-12-7-14-5-6-15-12/h1-7H,8H2. The van der Waals surface area contributed by atoms with E-state index in [1.807, 2.05) is 0 Å². The van der Waals surface area contributed by atoms with Gasteiger partial charge >= 0.3 is 0 Å². The number of carbonyl (C=O) groups is 1. The molecule has 5 heteroatoms. The molecule has 1 aromatic carbocycles. The largest absolute Gasteiger partial charge is 0.293 e. The lowest BCUT2D eigenvalue weighted by Gasteiger charge is -2.02. The van der Waals surface area contributed by atoms with Gasteiger partial charge < -0.3 is 0 Å². The average Bonchev–Trinajstić information content (AvgIpc) is 2.38. The molecule has 0 aliphatic carbocycles. The number of aromatic nitrogens is 2. The molecule has 0 spiro atoms. The van der Waals surface area contributed by atoms with Crippen molar-refractivity contribution >= 4 is 29.1 Å². The van der Waals surface area contributed by atoms with Crippen molar-refractivity contribution in [2.24, 2.45) is 0 Å². The van der Waals surface area contributed by atoms with Gasteiger partial charge in [-0.3, -0.25) is 9.78 Å². The molecule has 2 aromatic rings. The van der Waals surface area contributed by atoms with E-state index in [-0.39, 0.29) is 5.78 Å². The Morgan fingerprint density at radius 3 is 2.82 bits per heavy atom. The van der Waals surface area contributed by atoms with Crippen molar-refractivity contribution in [1.82, 2.24) is 9.97 Å². The topological polar surface area (TPSA) is 42.9 Å². The Hall–Kier alpha value is -1.39. The van der Waals surface area contributed by atoms with E-state index in [0.717, 1.165) is 5.03 Å². The van der Waals surface area contributed by atoms with Gasteiger partial charge in [0.25, 0.3) is 0 Å². The summed E-state index contributed by atoms with van der Waals surface area (Å²) in [6, 6.07) is 7.03. The van der Waals surface area contributed by atoms with Crippen LogP contribution in [0.4, 0.5) is 0 Å². The van der Waals surface area contributed by atoms with Gasteiger partial charge in [0.1, 0.15) is 5.03 Å². The maximum Gasteiger partial charge on any atom is 0.174 e. The van der Waals surface area contributed by atoms with E-state index in [4.69, 9.17) is 11.6 Å². The molecule has 1 heterocycles. The molecule has 0 bridgehead atoms. The van der Waals surface area contributed by atoms with Crippen LogP contribution in [0.1, 0.15) is 10.4 Å². The van der Waals surface area contributed by atoms with Crippen molar-refractivity contribution in [2.45, 2.75) is 5.03 Å². The molecular weight excluding hydrogens is 256 g/mol. The van der Waals surface area contributed by atoms with Crippen molar-refractivity contribution in [3.63, 3.8) is 0 Å². The Morgan fingerprint density at radius 2 is 2.12 bits per heavy atom. The van der Waals surface area contributed by atoms with E-state index in [2.05, 4.69) is 9.97 Å². The number of carbonyl (C=O) groups excluding carboxylic acids is 1. The Morgan fingerprint density at radius 1 is 1.29 bits per heavy atom. The van der Waals surface area contributed by atoms with Crippen molar-refractivity contribution < 1.29 is 4.79 Å². The summed E-state index contributed by atoms with van der Waals surface area (Å²) >= 11 is 7.29. The molecule has 1 aromatic heterocycles. The van der Waals surface area contributed by atoms with Gasteiger partial charge in [-0.1, -0.05) is 35.5 Å². The van der Waals surface area contributed by atoms with Crippen LogP contribution in [0.2, 0.25) is 5.02 Å². The predicted molar refractivity (Wildman–Crippen MR) is 68.5 cm³/mol. The van der Waals surface area contributed by atoms with Crippen LogP contribution in [0.5, 0.6) is 0 Å². The first-order valence-electron chi connectivity index (χ1n) is 4.94. The predicted octanol–water partition coefficient (Wildman–Crippen LogP) is 3.11. The monoisotopic (exact) mass is 264 g/mol. The average molecular weight is 265 g/mol. The van der Waals surface area contributed by atoms with E-state index in [0.29, 0.717) is 16.3 Å². The van der Waals surface area contributed by atoms with Crippen molar-refractivity contribution in [1.29, 1.82) is 0 Å². The number of thioether (sulfide) groups is 1. The Kier molecular flexibility index (Phi) is 4.12. The van der Waals surface area contributed by atoms with Gasteiger partial charge in [-0.05, 0) is 12.1 Å². The van der Waals surface area contributed by atoms with Gasteiger partial charge in [-0.2, -0.15) is 0 Å². The number of Topliss-reactive ketones (excluding diaryl/α,β-unsaturated/α-hetero) is 1. The summed E-state index contributed by atoms with van der Waals surface area (Å²) in [5, 5.41) is 1.21. The van der Waals surface area contributed by atoms with E-state index in [1.165, 1.54) is 11.8 Å². The number of rotatable bonds is 4. The van der Waals surface area contributed by atoms with Crippen LogP contribution in [0, 0.1) is 0 Å². The van der Waals surface area contributed by atoms with Crippen molar-refractivity contribution in [3.05, 3.63) is 53.4 Å². The van der Waals surface area contributed by atoms with Crippen LogP contribution in [-0.2, 0) is 0 Å². The number of nitrogens with zero attached hydrogens (tertiary/aromatic N) is 2. The molecule has 0 unspecified atom stereocenters. The van der Waals surface area contributed by atoms with E-state index in [1.54, 1.807) is 42.9 Å². The molecule has 2 rings (SSSR count). The SMILES string of the molecule is O=C(CSc1cnccn1)c1ccccc1Cl. The first kappa shape index (κ1) is 12.1. The van der Waals surface area contributed by atoms with Gasteiger partial charge in [0, 0.05) is 18.0 Å². The highest BCUT2D eigenvalue weighted by Crippen LogP contribution is 2.20. The van der Waals surface area contributed by atoms with Crippen LogP contribution in [0.25, 0.3) is 0 Å². The minimum absolute atomic E-state index is 0.00810. The molecular formula is C12H9ClN2OS. The number of hydrogen-bond donors (Lipinski definition) is 0. The minimum Gasteiger partial charge on any atom is -0.293 e. The summed E-state index contributed by atoms with van der Waals surface area (Å²) in [4.78, 5) is 19.9. The van der Waals surface area contributed by atoms with Gasteiger partial charge in [-0.25, -0.2) is 4.98 Å². The fraction of sp³-hybridized carbons (Fsp3) is 0.0833. The first-order chi connectivity index (χ1) is 8.27. The lowest BCUT2D eigenvalue weighted by Crippen LogP contribution is -2.03. The summed E-state index contributed by atoms with van der Waals surface area (Å²) in [5.74, 6) is 0.300. The maximum absolute atomic E-state index is 11.9. The van der Waals surface area contributed by atoms with Crippen molar-refractivity contribution in [3.8, 4) is 0 Å². The van der Waals surface area contributed by atoms with Crippen LogP contribution in [0.15, 0.2) is 47.9 Å². The molecule has 0 saturated heterocycles. The lowest BCUT2D eigenvalue weighted by atomic mass is 10.1. The third-order valence-corrected chi connectivity index (χ3v) is 3.31. The minimum atomic E-state index is -0.00810. The number of halogens is 1. The van der Waals surface area contributed by atoms with Gasteiger partial charge in [-0.15, -0.1) is 0 Å². The summed E-state index contributed by atoms with van der Waals surface area (Å²) in [6.45, 7) is 0. The molecule has 0 atom stereocenters. The van der Waals surface area contributed by atoms with Gasteiger partial charge in [0.05, 0.1) is 17.0 Å². The fourth-order valence-electron chi connectivity index (χ4n) is 1.26. The van der Waals surface area contributed by atoms with Crippen LogP contribution < -0.4 is 0 Å². The number of benzene rings is 1. The molecule has 86 valence electrons. The maximum atomic E-state index is 11.9. The van der Waals surface area contributed by atoms with Crippen LogP contribution >= 0.6 is 23.4 Å². The fourth-order valence-corrected chi connectivity index (χ4v) is 2.21. The molecule has 0 N–H and O–H groups in total. The molecule has 0 fully saturated rings. The zero-order valence-corrected chi connectivity index (χ0v) is 10.4. The highest BCUT2D eigenvalue weighted by atomic mass is 35.5. The third-order valence-electron chi connectivity index (χ3n) is 2.06. The molecule has 3 nitrogen and oxygen atoms in total. The van der Waals surface area contributed by atoms with Crippen LogP contribution in [0.3, 0.4) is 0 Å². The van der Waals surface area contributed by atoms with E-state index >= 15 is 0 Å². The normalized spacial score (nSPS) is 10.2. The summed E-state index contributed by atoms with van der Waals surface area (Å²) in [6.07, 6.45) is 4.83. The molecule has 0 aliphatic rings. The molecule has 0 amide bonds. The Balaban J connectivity index is 2.01. The molecule has 0 aliphatic heterocycles. The van der Waals surface area contributed by atoms with E-state index < -0.39 is 0 Å². The number of ketones is 1. The summed E-state index contributed by atoms with van der Waals surface area (Å²) in [7, 11) is 0. The second kappa shape index (κ2) is 5.80. The molecule has 17 heavy (non-hydrogen) atoms. The zero-order valence-electron chi connectivity index (χ0n) is 8.84. The summed E-state index contributed by atoms with van der Waals surface area (Å²) in [5.41, 5.74) is 0.547. The zero-order chi connectivity index (χ0) is 12.1. The quantitative estimate of drug-likeness (QED) is 0.629. The van der Waals surface area contributed by atoms with Crippen LogP contribution in [-0.4, -0.2) is 21.5 Å². The molecule has 0 saturated carbocycles. The van der Waals surface area contributed by atoms with Gasteiger partial charge in [0.2, 0.25) is 0 Å². The summed E-state index contributed by atoms with van der Waals surface area (Å²) < 4.78 is 0. The van der Waals surface area contributed by atoms with Crippen molar-refractivity contribution in [2.75, 3.05) is 5.75 Å². The Labute approximate surface area is 108 Å². The third kappa shape index (κ3) is 3.28. The Bertz CT molecular complexity index is 519. The molecule has 0 radical (unpaired) electrons. The smallest absolute Gasteiger partial charge is 0.174 e. The second-order valence-corrected chi connectivity index (χ2v) is 4.64. The van der Waals surface area contributed by atoms with E-state index in [9.17, 15) is 4.79 Å².